The van der Waals surface area contributed by atoms with Crippen LogP contribution in [0.4, 0.5) is 23.3 Å². The van der Waals surface area contributed by atoms with Gasteiger partial charge in [-0.05, 0) is 25.8 Å². The predicted molar refractivity (Wildman–Crippen MR) is 129 cm³/mol. The van der Waals surface area contributed by atoms with Crippen molar-refractivity contribution in [2.75, 3.05) is 54.9 Å². The Morgan fingerprint density at radius 3 is 2.91 bits per heavy atom. The number of H-pyrrole nitrogens is 1. The molecule has 2 fully saturated rings. The van der Waals surface area contributed by atoms with Crippen molar-refractivity contribution in [2.24, 2.45) is 0 Å². The number of anilines is 4. The number of hydrogen-bond donors (Lipinski definition) is 3. The number of aromatic amines is 1. The zero-order valence-corrected chi connectivity index (χ0v) is 19.7. The van der Waals surface area contributed by atoms with Gasteiger partial charge in [0.1, 0.15) is 23.7 Å². The number of rotatable bonds is 6. The van der Waals surface area contributed by atoms with Crippen LogP contribution in [0.15, 0.2) is 17.1 Å². The van der Waals surface area contributed by atoms with Crippen LogP contribution in [-0.2, 0) is 9.53 Å². The molecule has 34 heavy (non-hydrogen) atoms. The lowest BCUT2D eigenvalue weighted by molar-refractivity contribution is -0.131. The van der Waals surface area contributed by atoms with Gasteiger partial charge in [0.15, 0.2) is 0 Å². The molecule has 2 aliphatic rings. The van der Waals surface area contributed by atoms with E-state index >= 15 is 0 Å². The van der Waals surface area contributed by atoms with Crippen molar-refractivity contribution in [1.82, 2.24) is 19.9 Å². The zero-order chi connectivity index (χ0) is 24.1. The lowest BCUT2D eigenvalue weighted by Crippen LogP contribution is -2.45. The van der Waals surface area contributed by atoms with Crippen LogP contribution >= 0.6 is 11.6 Å². The van der Waals surface area contributed by atoms with Crippen LogP contribution in [-0.4, -0.2) is 71.2 Å². The number of hydrogen-bond acceptors (Lipinski definition) is 9. The van der Waals surface area contributed by atoms with Crippen LogP contribution in [0.1, 0.15) is 24.8 Å². The second-order valence-electron chi connectivity index (χ2n) is 8.29. The molecule has 0 bridgehead atoms. The monoisotopic (exact) mass is 486 g/mol. The van der Waals surface area contributed by atoms with Gasteiger partial charge in [-0.25, -0.2) is 0 Å². The Hall–Kier alpha value is -3.36. The van der Waals surface area contributed by atoms with E-state index in [9.17, 15) is 9.59 Å². The Labute approximate surface area is 202 Å². The van der Waals surface area contributed by atoms with E-state index in [1.807, 2.05) is 13.0 Å². The van der Waals surface area contributed by atoms with Crippen molar-refractivity contribution in [3.63, 3.8) is 0 Å². The third kappa shape index (κ3) is 5.58. The molecule has 12 heteroatoms. The topological polar surface area (TPSA) is 139 Å². The molecule has 1 amide bonds. The van der Waals surface area contributed by atoms with Gasteiger partial charge in [-0.3, -0.25) is 9.59 Å². The first-order chi connectivity index (χ1) is 16.4. The minimum atomic E-state index is -0.316. The van der Waals surface area contributed by atoms with E-state index in [2.05, 4.69) is 25.5 Å². The number of morpholine rings is 1. The zero-order valence-electron chi connectivity index (χ0n) is 18.9. The minimum Gasteiger partial charge on any atom is -0.378 e. The number of likely N-dealkylation sites (tertiary alicyclic amines) is 1. The molecule has 2 aromatic rings. The summed E-state index contributed by atoms with van der Waals surface area (Å²) < 4.78 is 5.48. The highest BCUT2D eigenvalue weighted by Crippen LogP contribution is 2.29. The molecule has 0 spiro atoms. The van der Waals surface area contributed by atoms with Gasteiger partial charge in [0.25, 0.3) is 5.56 Å². The molecule has 0 aliphatic carbocycles. The van der Waals surface area contributed by atoms with Gasteiger partial charge in [-0.1, -0.05) is 11.6 Å². The van der Waals surface area contributed by atoms with Crippen LogP contribution in [0.3, 0.4) is 0 Å². The number of nitrogens with zero attached hydrogens (tertiary/aromatic N) is 5. The largest absolute Gasteiger partial charge is 0.378 e. The number of halogens is 1. The lowest BCUT2D eigenvalue weighted by Gasteiger charge is -2.33. The SMILES string of the molecule is Cc1c(Nc2cc(Cl)c[nH]c2=O)nc(N[C@@H]2CCCN(C(=O)CC#N)C2)nc1N1CCOCC1. The van der Waals surface area contributed by atoms with Crippen molar-refractivity contribution in [1.29, 1.82) is 5.26 Å². The first kappa shape index (κ1) is 23.8. The van der Waals surface area contributed by atoms with Gasteiger partial charge >= 0.3 is 0 Å². The van der Waals surface area contributed by atoms with Crippen LogP contribution in [0, 0.1) is 18.3 Å². The Morgan fingerprint density at radius 2 is 2.15 bits per heavy atom. The Bertz CT molecular complexity index is 1140. The Balaban J connectivity index is 1.63. The molecule has 180 valence electrons. The summed E-state index contributed by atoms with van der Waals surface area (Å²) in [5, 5.41) is 15.7. The highest BCUT2D eigenvalue weighted by atomic mass is 35.5. The van der Waals surface area contributed by atoms with Crippen LogP contribution < -0.4 is 21.1 Å². The van der Waals surface area contributed by atoms with Gasteiger partial charge in [-0.15, -0.1) is 0 Å². The molecule has 1 atom stereocenters. The van der Waals surface area contributed by atoms with Gasteiger partial charge in [0, 0.05) is 44.0 Å². The molecule has 3 N–H and O–H groups in total. The standard InChI is InChI=1S/C22H27ClN8O3/c1-14-19(27-17-11-15(23)12-25-21(17)33)28-22(29-20(14)30-7-9-34-10-8-30)26-16-3-2-6-31(13-16)18(32)4-5-24/h11-12,16H,2-4,6-10,13H2,1H3,(H,25,33)(H2,26,27,28,29)/t16-/m1/s1. The number of piperidine rings is 1. The lowest BCUT2D eigenvalue weighted by atomic mass is 10.1. The van der Waals surface area contributed by atoms with E-state index < -0.39 is 0 Å². The molecule has 4 rings (SSSR count). The van der Waals surface area contributed by atoms with E-state index in [1.165, 1.54) is 6.20 Å². The van der Waals surface area contributed by atoms with Crippen molar-refractivity contribution < 1.29 is 9.53 Å². The van der Waals surface area contributed by atoms with E-state index in [4.69, 9.17) is 26.6 Å². The Kier molecular flexibility index (Phi) is 7.49. The van der Waals surface area contributed by atoms with Crippen molar-refractivity contribution in [2.45, 2.75) is 32.2 Å². The minimum absolute atomic E-state index is 0.0564. The van der Waals surface area contributed by atoms with Crippen LogP contribution in [0.25, 0.3) is 0 Å². The average molecular weight is 487 g/mol. The second-order valence-corrected chi connectivity index (χ2v) is 8.72. The summed E-state index contributed by atoms with van der Waals surface area (Å²) in [5.41, 5.74) is 0.754. The third-order valence-electron chi connectivity index (χ3n) is 5.89. The summed E-state index contributed by atoms with van der Waals surface area (Å²) in [6.45, 7) is 5.59. The average Bonchev–Trinajstić information content (AvgIpc) is 2.84. The van der Waals surface area contributed by atoms with E-state index in [1.54, 1.807) is 11.0 Å². The summed E-state index contributed by atoms with van der Waals surface area (Å²) >= 11 is 6.07. The van der Waals surface area contributed by atoms with Crippen molar-refractivity contribution in [3.8, 4) is 6.07 Å². The molecule has 2 aliphatic heterocycles. The highest BCUT2D eigenvalue weighted by molar-refractivity contribution is 6.30. The van der Waals surface area contributed by atoms with Gasteiger partial charge < -0.3 is 30.2 Å². The highest BCUT2D eigenvalue weighted by Gasteiger charge is 2.25. The number of amides is 1. The quantitative estimate of drug-likeness (QED) is 0.559. The number of nitrogens with one attached hydrogen (secondary N) is 3. The molecular weight excluding hydrogens is 460 g/mol. The van der Waals surface area contributed by atoms with Gasteiger partial charge in [0.2, 0.25) is 11.9 Å². The molecule has 2 aromatic heterocycles. The molecule has 0 radical (unpaired) electrons. The number of nitriles is 1. The van der Waals surface area contributed by atoms with Gasteiger partial charge in [-0.2, -0.15) is 15.2 Å². The van der Waals surface area contributed by atoms with Crippen LogP contribution in [0.2, 0.25) is 5.02 Å². The maximum atomic E-state index is 12.3. The smallest absolute Gasteiger partial charge is 0.271 e. The summed E-state index contributed by atoms with van der Waals surface area (Å²) in [6.07, 6.45) is 2.96. The molecule has 0 unspecified atom stereocenters. The van der Waals surface area contributed by atoms with Gasteiger partial charge in [0.05, 0.1) is 24.3 Å². The summed E-state index contributed by atoms with van der Waals surface area (Å²) in [5.74, 6) is 1.46. The molecule has 0 aromatic carbocycles. The fraction of sp³-hybridized carbons (Fsp3) is 0.500. The van der Waals surface area contributed by atoms with E-state index in [0.29, 0.717) is 56.2 Å². The molecule has 0 saturated carbocycles. The number of ether oxygens (including phenoxy) is 1. The first-order valence-corrected chi connectivity index (χ1v) is 11.6. The molecule has 2 saturated heterocycles. The number of aromatic nitrogens is 3. The summed E-state index contributed by atoms with van der Waals surface area (Å²) in [4.78, 5) is 40.4. The normalized spacial score (nSPS) is 18.3. The van der Waals surface area contributed by atoms with Crippen molar-refractivity contribution in [3.05, 3.63) is 33.2 Å². The number of carbonyl (C=O) groups is 1. The fourth-order valence-corrected chi connectivity index (χ4v) is 4.30. The summed E-state index contributed by atoms with van der Waals surface area (Å²) in [7, 11) is 0. The fourth-order valence-electron chi connectivity index (χ4n) is 4.14. The molecular formula is C22H27ClN8O3. The Morgan fingerprint density at radius 1 is 1.35 bits per heavy atom. The maximum Gasteiger partial charge on any atom is 0.271 e. The predicted octanol–water partition coefficient (Wildman–Crippen LogP) is 2.02. The second kappa shape index (κ2) is 10.7. The van der Waals surface area contributed by atoms with E-state index in [-0.39, 0.29) is 29.6 Å². The van der Waals surface area contributed by atoms with E-state index in [0.717, 1.165) is 24.2 Å². The number of pyridine rings is 1. The third-order valence-corrected chi connectivity index (χ3v) is 6.11. The van der Waals surface area contributed by atoms with Crippen molar-refractivity contribution >= 4 is 40.8 Å². The molecule has 11 nitrogen and oxygen atoms in total. The first-order valence-electron chi connectivity index (χ1n) is 11.2. The molecule has 4 heterocycles. The maximum absolute atomic E-state index is 12.3. The summed E-state index contributed by atoms with van der Waals surface area (Å²) in [6, 6.07) is 3.41. The number of carbonyl (C=O) groups excluding carboxylic acids is 1. The van der Waals surface area contributed by atoms with Crippen LogP contribution in [0.5, 0.6) is 0 Å².